The number of amidine groups is 1. The van der Waals surface area contributed by atoms with Gasteiger partial charge in [0, 0.05) is 24.0 Å². The summed E-state index contributed by atoms with van der Waals surface area (Å²) < 4.78 is 0. The first kappa shape index (κ1) is 23.6. The Morgan fingerprint density at radius 1 is 1.17 bits per heavy atom. The van der Waals surface area contributed by atoms with E-state index in [1.807, 2.05) is 24.2 Å². The molecule has 1 aromatic carbocycles. The molecule has 35 heavy (non-hydrogen) atoms. The van der Waals surface area contributed by atoms with Crippen LogP contribution in [0.5, 0.6) is 0 Å². The lowest BCUT2D eigenvalue weighted by atomic mass is 9.63. The second kappa shape index (κ2) is 9.86. The molecule has 0 saturated heterocycles. The van der Waals surface area contributed by atoms with Gasteiger partial charge in [0.2, 0.25) is 0 Å². The number of hydrazone groups is 1. The molecule has 0 spiro atoms. The van der Waals surface area contributed by atoms with Crippen LogP contribution >= 0.6 is 0 Å². The highest BCUT2D eigenvalue weighted by Crippen LogP contribution is 2.54. The highest BCUT2D eigenvalue weighted by molar-refractivity contribution is 6.15. The summed E-state index contributed by atoms with van der Waals surface area (Å²) in [5.41, 5.74) is 10.6. The second-order valence-electron chi connectivity index (χ2n) is 10.1. The van der Waals surface area contributed by atoms with E-state index in [-0.39, 0.29) is 17.7 Å². The zero-order valence-electron chi connectivity index (χ0n) is 20.8. The largest absolute Gasteiger partial charge is 0.321 e. The van der Waals surface area contributed by atoms with Gasteiger partial charge in [0.25, 0.3) is 0 Å². The molecule has 4 aliphatic rings. The molecule has 2 aliphatic carbocycles. The van der Waals surface area contributed by atoms with Crippen molar-refractivity contribution in [1.82, 2.24) is 5.01 Å². The third-order valence-electron chi connectivity index (χ3n) is 7.60. The minimum absolute atomic E-state index is 0.108. The summed E-state index contributed by atoms with van der Waals surface area (Å²) in [6.07, 6.45) is 18.8. The summed E-state index contributed by atoms with van der Waals surface area (Å²) in [6, 6.07) is 8.36. The summed E-state index contributed by atoms with van der Waals surface area (Å²) in [5.74, 6) is 2.50. The Kier molecular flexibility index (Phi) is 6.65. The Morgan fingerprint density at radius 3 is 2.60 bits per heavy atom. The van der Waals surface area contributed by atoms with Gasteiger partial charge in [0.15, 0.2) is 5.84 Å². The van der Waals surface area contributed by atoms with Gasteiger partial charge in [-0.15, -0.1) is 0 Å². The highest BCUT2D eigenvalue weighted by atomic mass is 15.5. The Labute approximate surface area is 208 Å². The predicted octanol–water partition coefficient (Wildman–Crippen LogP) is 5.48. The maximum Gasteiger partial charge on any atom is 0.158 e. The number of hydrogen-bond donors (Lipinski definition) is 1. The molecule has 0 aromatic heterocycles. The lowest BCUT2D eigenvalue weighted by molar-refractivity contribution is 0.127. The molecule has 5 rings (SSSR count). The normalized spacial score (nSPS) is 30.4. The molecule has 0 radical (unpaired) electrons. The van der Waals surface area contributed by atoms with E-state index in [9.17, 15) is 0 Å². The number of fused-ring (bicyclic) bond motifs is 1. The number of rotatable bonds is 8. The van der Waals surface area contributed by atoms with E-state index in [1.54, 1.807) is 0 Å². The van der Waals surface area contributed by atoms with Crippen molar-refractivity contribution in [1.29, 1.82) is 0 Å². The number of allylic oxidation sites excluding steroid dienone is 5. The molecule has 0 bridgehead atoms. The van der Waals surface area contributed by atoms with Crippen LogP contribution in [0.2, 0.25) is 0 Å². The average Bonchev–Trinajstić information content (AvgIpc) is 3.71. The average molecular weight is 469 g/mol. The maximum absolute atomic E-state index is 6.77. The van der Waals surface area contributed by atoms with Crippen LogP contribution in [-0.2, 0) is 5.54 Å². The van der Waals surface area contributed by atoms with Gasteiger partial charge in [-0.1, -0.05) is 49.4 Å². The van der Waals surface area contributed by atoms with Gasteiger partial charge in [-0.05, 0) is 75.0 Å². The fourth-order valence-electron chi connectivity index (χ4n) is 5.37. The fourth-order valence-corrected chi connectivity index (χ4v) is 5.37. The van der Waals surface area contributed by atoms with E-state index in [0.29, 0.717) is 0 Å². The van der Waals surface area contributed by atoms with E-state index in [2.05, 4.69) is 72.3 Å². The number of hydrogen-bond acceptors (Lipinski definition) is 6. The van der Waals surface area contributed by atoms with E-state index in [1.165, 1.54) is 18.4 Å². The molecule has 2 N–H and O–H groups in total. The third kappa shape index (κ3) is 4.85. The summed E-state index contributed by atoms with van der Waals surface area (Å²) >= 11 is 0. The van der Waals surface area contributed by atoms with Crippen LogP contribution in [0.3, 0.4) is 0 Å². The van der Waals surface area contributed by atoms with E-state index >= 15 is 0 Å². The fraction of sp³-hybridized carbons (Fsp3) is 0.448. The number of nitrogens with two attached hydrogens (primary N) is 1. The summed E-state index contributed by atoms with van der Waals surface area (Å²) in [4.78, 5) is 14.7. The minimum Gasteiger partial charge on any atom is -0.321 e. The van der Waals surface area contributed by atoms with Crippen LogP contribution < -0.4 is 5.73 Å². The molecule has 0 amide bonds. The quantitative estimate of drug-likeness (QED) is 0.405. The first-order chi connectivity index (χ1) is 17.0. The van der Waals surface area contributed by atoms with E-state index in [4.69, 9.17) is 15.7 Å². The van der Waals surface area contributed by atoms with Crippen LogP contribution in [-0.4, -0.2) is 41.7 Å². The smallest absolute Gasteiger partial charge is 0.158 e. The van der Waals surface area contributed by atoms with Gasteiger partial charge < -0.3 is 5.73 Å². The Balaban J connectivity index is 1.46. The predicted molar refractivity (Wildman–Crippen MR) is 147 cm³/mol. The van der Waals surface area contributed by atoms with E-state index < -0.39 is 0 Å². The molecular formula is C29H36N6. The molecule has 182 valence electrons. The molecule has 2 heterocycles. The summed E-state index contributed by atoms with van der Waals surface area (Å²) in [6.45, 7) is 7.90. The third-order valence-corrected chi connectivity index (χ3v) is 7.60. The van der Waals surface area contributed by atoms with Crippen molar-refractivity contribution in [2.24, 2.45) is 37.6 Å². The molecule has 2 unspecified atom stereocenters. The minimum atomic E-state index is -0.292. The summed E-state index contributed by atoms with van der Waals surface area (Å²) in [5, 5.41) is 6.07. The van der Waals surface area contributed by atoms with Crippen LogP contribution in [0.4, 0.5) is 0 Å². The van der Waals surface area contributed by atoms with Gasteiger partial charge in [0.05, 0.1) is 11.4 Å². The van der Waals surface area contributed by atoms with Gasteiger partial charge in [-0.2, -0.15) is 5.10 Å². The molecular weight excluding hydrogens is 432 g/mol. The SMILES string of the molecule is C=NN1C2=NC(c3ccc(C4(N)CC(C5CC5)C4)cc3)=CC(/C=C/CC=CC)=NC2C=NC1CC. The number of benzene rings is 1. The van der Waals surface area contributed by atoms with Crippen molar-refractivity contribution in [2.75, 3.05) is 0 Å². The second-order valence-corrected chi connectivity index (χ2v) is 10.1. The number of nitrogens with zero attached hydrogens (tertiary/aromatic N) is 5. The standard InChI is InChI=1S/C29H36N6/c1-4-6-7-8-9-24-16-25(34-28-26(33-24)19-32-27(5-2)35(28)31-3)21-12-14-23(15-13-21)29(30)17-22(18-29)20-10-11-20/h4,6,8-9,12-16,19-20,22,26-27H,3,5,7,10-11,17-18,30H2,1-2H3/b6-4?,9-8+. The van der Waals surface area contributed by atoms with E-state index in [0.717, 1.165) is 60.3 Å². The Bertz CT molecular complexity index is 1130. The first-order valence-corrected chi connectivity index (χ1v) is 12.9. The van der Waals surface area contributed by atoms with Crippen LogP contribution in [0.15, 0.2) is 74.7 Å². The van der Waals surface area contributed by atoms with Crippen LogP contribution in [0.1, 0.15) is 63.5 Å². The topological polar surface area (TPSA) is 78.7 Å². The molecule has 1 aromatic rings. The zero-order valence-corrected chi connectivity index (χ0v) is 20.8. The maximum atomic E-state index is 6.77. The Morgan fingerprint density at radius 2 is 1.94 bits per heavy atom. The van der Waals surface area contributed by atoms with Crippen LogP contribution in [0.25, 0.3) is 5.70 Å². The summed E-state index contributed by atoms with van der Waals surface area (Å²) in [7, 11) is 0. The van der Waals surface area contributed by atoms with Crippen molar-refractivity contribution in [3.63, 3.8) is 0 Å². The molecule has 6 nitrogen and oxygen atoms in total. The Hall–Kier alpha value is -3.12. The van der Waals surface area contributed by atoms with Crippen molar-refractivity contribution < 1.29 is 0 Å². The molecule has 2 fully saturated rings. The highest BCUT2D eigenvalue weighted by Gasteiger charge is 2.48. The molecule has 2 saturated carbocycles. The molecule has 6 heteroatoms. The first-order valence-electron chi connectivity index (χ1n) is 12.9. The van der Waals surface area contributed by atoms with Crippen molar-refractivity contribution in [3.8, 4) is 0 Å². The van der Waals surface area contributed by atoms with Gasteiger partial charge in [0.1, 0.15) is 12.2 Å². The van der Waals surface area contributed by atoms with Crippen LogP contribution in [0, 0.1) is 11.8 Å². The van der Waals surface area contributed by atoms with Gasteiger partial charge in [-0.25, -0.2) is 10.0 Å². The monoisotopic (exact) mass is 468 g/mol. The molecule has 2 aliphatic heterocycles. The van der Waals surface area contributed by atoms with Crippen molar-refractivity contribution in [3.05, 3.63) is 65.8 Å². The van der Waals surface area contributed by atoms with Gasteiger partial charge >= 0.3 is 0 Å². The van der Waals surface area contributed by atoms with Gasteiger partial charge in [-0.3, -0.25) is 9.98 Å². The number of aliphatic imine (C=N–C) groups is 3. The molecule has 2 atom stereocenters. The zero-order chi connectivity index (χ0) is 24.4. The van der Waals surface area contributed by atoms with Crippen molar-refractivity contribution >= 4 is 30.2 Å². The lowest BCUT2D eigenvalue weighted by Crippen LogP contribution is -2.49. The lowest BCUT2D eigenvalue weighted by Gasteiger charge is -2.46. The van der Waals surface area contributed by atoms with Crippen molar-refractivity contribution in [2.45, 2.75) is 70.1 Å².